The second-order valence-corrected chi connectivity index (χ2v) is 8.31. The van der Waals surface area contributed by atoms with Gasteiger partial charge >= 0.3 is 0 Å². The first-order valence-corrected chi connectivity index (χ1v) is 11.9. The molecule has 3 aromatic carbocycles. The highest BCUT2D eigenvalue weighted by molar-refractivity contribution is 5.94. The Morgan fingerprint density at radius 1 is 0.735 bits per heavy atom. The molecule has 0 aliphatic heterocycles. The van der Waals surface area contributed by atoms with Crippen molar-refractivity contribution >= 4 is 11.8 Å². The molecular weight excluding hydrogens is 424 g/mol. The van der Waals surface area contributed by atoms with Crippen LogP contribution >= 0.6 is 0 Å². The quantitative estimate of drug-likeness (QED) is 0.374. The molecule has 0 saturated carbocycles. The van der Waals surface area contributed by atoms with Crippen LogP contribution in [0.2, 0.25) is 0 Å². The molecule has 178 valence electrons. The number of amides is 2. The molecule has 0 aromatic heterocycles. The topological polar surface area (TPSA) is 49.9 Å². The summed E-state index contributed by atoms with van der Waals surface area (Å²) in [6, 6.07) is 27.4. The Morgan fingerprint density at radius 3 is 1.94 bits per heavy atom. The maximum absolute atomic E-state index is 13.3. The molecule has 34 heavy (non-hydrogen) atoms. The van der Waals surface area contributed by atoms with E-state index in [1.165, 1.54) is 5.56 Å². The summed E-state index contributed by atoms with van der Waals surface area (Å²) in [5.74, 6) is 0.711. The van der Waals surface area contributed by atoms with Crippen LogP contribution in [0.3, 0.4) is 0 Å². The van der Waals surface area contributed by atoms with Crippen molar-refractivity contribution in [2.24, 2.45) is 0 Å². The van der Waals surface area contributed by atoms with Gasteiger partial charge in [-0.15, -0.1) is 0 Å². The van der Waals surface area contributed by atoms with Crippen molar-refractivity contribution in [2.45, 2.75) is 32.7 Å². The Bertz CT molecular complexity index is 1020. The number of carbonyl (C=O) groups excluding carboxylic acids is 2. The van der Waals surface area contributed by atoms with Gasteiger partial charge in [0.25, 0.3) is 5.91 Å². The largest absolute Gasteiger partial charge is 0.497 e. The molecule has 0 saturated heterocycles. The van der Waals surface area contributed by atoms with Gasteiger partial charge in [-0.3, -0.25) is 9.59 Å². The number of ether oxygens (including phenoxy) is 1. The molecule has 0 N–H and O–H groups in total. The third-order valence-electron chi connectivity index (χ3n) is 5.80. The van der Waals surface area contributed by atoms with E-state index in [4.69, 9.17) is 4.74 Å². The normalized spacial score (nSPS) is 10.5. The molecular formula is C29H34N2O3. The molecule has 2 amide bonds. The van der Waals surface area contributed by atoms with Gasteiger partial charge in [0.1, 0.15) is 5.75 Å². The molecule has 0 unspecified atom stereocenters. The van der Waals surface area contributed by atoms with Crippen LogP contribution in [-0.4, -0.2) is 48.4 Å². The van der Waals surface area contributed by atoms with Crippen LogP contribution in [0.5, 0.6) is 5.75 Å². The van der Waals surface area contributed by atoms with Gasteiger partial charge in [0.2, 0.25) is 5.91 Å². The fourth-order valence-corrected chi connectivity index (χ4v) is 3.89. The highest BCUT2D eigenvalue weighted by atomic mass is 16.5. The maximum atomic E-state index is 13.3. The molecule has 5 heteroatoms. The Balaban J connectivity index is 1.66. The number of rotatable bonds is 12. The third kappa shape index (κ3) is 7.48. The lowest BCUT2D eigenvalue weighted by atomic mass is 10.1. The average Bonchev–Trinajstić information content (AvgIpc) is 2.89. The minimum Gasteiger partial charge on any atom is -0.497 e. The van der Waals surface area contributed by atoms with Crippen LogP contribution in [0.15, 0.2) is 84.9 Å². The second-order valence-electron chi connectivity index (χ2n) is 8.31. The highest BCUT2D eigenvalue weighted by Gasteiger charge is 2.19. The van der Waals surface area contributed by atoms with Crippen molar-refractivity contribution in [1.82, 2.24) is 9.80 Å². The first-order chi connectivity index (χ1) is 16.6. The second kappa shape index (κ2) is 13.2. The summed E-state index contributed by atoms with van der Waals surface area (Å²) in [6.45, 7) is 4.25. The van der Waals surface area contributed by atoms with Crippen LogP contribution < -0.4 is 4.74 Å². The van der Waals surface area contributed by atoms with Crippen LogP contribution in [0.25, 0.3) is 0 Å². The molecule has 0 bridgehead atoms. The Hall–Kier alpha value is -3.60. The van der Waals surface area contributed by atoms with Crippen molar-refractivity contribution in [3.05, 3.63) is 102 Å². The third-order valence-corrected chi connectivity index (χ3v) is 5.80. The summed E-state index contributed by atoms with van der Waals surface area (Å²) in [5, 5.41) is 0. The van der Waals surface area contributed by atoms with Gasteiger partial charge in [-0.1, -0.05) is 67.6 Å². The molecule has 3 rings (SSSR count). The Labute approximate surface area is 203 Å². The molecule has 0 spiro atoms. The standard InChI is InChI=1S/C29H34N2O3/c1-3-20-30(29(33)26-14-16-27(34-2)17-15-26)22-19-28(32)31(23-25-12-8-5-9-13-25)21-18-24-10-6-4-7-11-24/h4-17H,3,18-23H2,1-2H3. The zero-order valence-electron chi connectivity index (χ0n) is 20.2. The number of benzene rings is 3. The molecule has 0 atom stereocenters. The highest BCUT2D eigenvalue weighted by Crippen LogP contribution is 2.15. The molecule has 0 fully saturated rings. The molecule has 0 aliphatic carbocycles. The van der Waals surface area contributed by atoms with Gasteiger partial charge < -0.3 is 14.5 Å². The molecule has 3 aromatic rings. The van der Waals surface area contributed by atoms with E-state index < -0.39 is 0 Å². The van der Waals surface area contributed by atoms with Crippen molar-refractivity contribution < 1.29 is 14.3 Å². The van der Waals surface area contributed by atoms with Gasteiger partial charge in [-0.25, -0.2) is 0 Å². The minimum atomic E-state index is -0.0591. The Morgan fingerprint density at radius 2 is 1.35 bits per heavy atom. The number of nitrogens with zero attached hydrogens (tertiary/aromatic N) is 2. The van der Waals surface area contributed by atoms with E-state index in [2.05, 4.69) is 12.1 Å². The SMILES string of the molecule is CCCN(CCC(=O)N(CCc1ccccc1)Cc1ccccc1)C(=O)c1ccc(OC)cc1. The van der Waals surface area contributed by atoms with Crippen molar-refractivity contribution in [3.8, 4) is 5.75 Å². The van der Waals surface area contributed by atoms with Crippen molar-refractivity contribution in [2.75, 3.05) is 26.7 Å². The van der Waals surface area contributed by atoms with E-state index in [-0.39, 0.29) is 11.8 Å². The Kier molecular flexibility index (Phi) is 9.71. The van der Waals surface area contributed by atoms with E-state index in [0.717, 1.165) is 18.4 Å². The predicted octanol–water partition coefficient (Wildman–Crippen LogP) is 5.21. The zero-order valence-corrected chi connectivity index (χ0v) is 20.2. The van der Waals surface area contributed by atoms with Gasteiger partial charge in [-0.05, 0) is 48.2 Å². The summed E-state index contributed by atoms with van der Waals surface area (Å²) in [4.78, 5) is 30.1. The number of carbonyl (C=O) groups is 2. The van der Waals surface area contributed by atoms with E-state index in [9.17, 15) is 9.59 Å². The predicted molar refractivity (Wildman–Crippen MR) is 136 cm³/mol. The van der Waals surface area contributed by atoms with Crippen LogP contribution in [-0.2, 0) is 17.8 Å². The van der Waals surface area contributed by atoms with Crippen LogP contribution in [0, 0.1) is 0 Å². The van der Waals surface area contributed by atoms with E-state index in [0.29, 0.717) is 43.9 Å². The van der Waals surface area contributed by atoms with Gasteiger partial charge in [0.05, 0.1) is 7.11 Å². The maximum Gasteiger partial charge on any atom is 0.253 e. The van der Waals surface area contributed by atoms with Gasteiger partial charge in [0, 0.05) is 38.2 Å². The summed E-state index contributed by atoms with van der Waals surface area (Å²) in [6.07, 6.45) is 1.92. The molecule has 0 radical (unpaired) electrons. The lowest BCUT2D eigenvalue weighted by Gasteiger charge is -2.26. The summed E-state index contributed by atoms with van der Waals surface area (Å²) < 4.78 is 5.19. The average molecular weight is 459 g/mol. The zero-order chi connectivity index (χ0) is 24.2. The van der Waals surface area contributed by atoms with E-state index in [1.807, 2.05) is 60.4 Å². The summed E-state index contributed by atoms with van der Waals surface area (Å²) >= 11 is 0. The first kappa shape index (κ1) is 25.0. The lowest BCUT2D eigenvalue weighted by molar-refractivity contribution is -0.132. The lowest BCUT2D eigenvalue weighted by Crippen LogP contribution is -2.38. The van der Waals surface area contributed by atoms with E-state index >= 15 is 0 Å². The fourth-order valence-electron chi connectivity index (χ4n) is 3.89. The molecule has 5 nitrogen and oxygen atoms in total. The van der Waals surface area contributed by atoms with E-state index in [1.54, 1.807) is 36.3 Å². The number of hydrogen-bond donors (Lipinski definition) is 0. The summed E-state index contributed by atoms with van der Waals surface area (Å²) in [7, 11) is 1.60. The smallest absolute Gasteiger partial charge is 0.253 e. The van der Waals surface area contributed by atoms with Crippen molar-refractivity contribution in [1.29, 1.82) is 0 Å². The fraction of sp³-hybridized carbons (Fsp3) is 0.310. The number of methoxy groups -OCH3 is 1. The summed E-state index contributed by atoms with van der Waals surface area (Å²) in [5.41, 5.74) is 2.91. The molecule has 0 heterocycles. The first-order valence-electron chi connectivity index (χ1n) is 11.9. The monoisotopic (exact) mass is 458 g/mol. The molecule has 0 aliphatic rings. The van der Waals surface area contributed by atoms with Crippen LogP contribution in [0.1, 0.15) is 41.3 Å². The van der Waals surface area contributed by atoms with Gasteiger partial charge in [-0.2, -0.15) is 0 Å². The van der Waals surface area contributed by atoms with Crippen LogP contribution in [0.4, 0.5) is 0 Å². The van der Waals surface area contributed by atoms with Gasteiger partial charge in [0.15, 0.2) is 0 Å². The number of hydrogen-bond acceptors (Lipinski definition) is 3. The minimum absolute atomic E-state index is 0.0587. The van der Waals surface area contributed by atoms with Crippen molar-refractivity contribution in [3.63, 3.8) is 0 Å².